The summed E-state index contributed by atoms with van der Waals surface area (Å²) in [6.45, 7) is 9.50. The van der Waals surface area contributed by atoms with Gasteiger partial charge in [0.05, 0.1) is 34.6 Å². The number of nitrogens with zero attached hydrogens (tertiary/aromatic N) is 7. The number of rotatable bonds is 12. The first-order valence-corrected chi connectivity index (χ1v) is 24.6. The fraction of sp³-hybridized carbons (Fsp3) is 0.447. The van der Waals surface area contributed by atoms with E-state index in [1.807, 2.05) is 36.4 Å². The maximum atomic E-state index is 15.8. The molecule has 64 heavy (non-hydrogen) atoms. The molecule has 5 aliphatic heterocycles. The highest BCUT2D eigenvalue weighted by atomic mass is 32.2. The van der Waals surface area contributed by atoms with Crippen LogP contribution in [0, 0.1) is 11.7 Å². The second-order valence-electron chi connectivity index (χ2n) is 18.0. The molecule has 1 unspecified atom stereocenters. The number of H-pyrrole nitrogens is 1. The summed E-state index contributed by atoms with van der Waals surface area (Å²) >= 11 is 0. The molecule has 3 aromatic carbocycles. The van der Waals surface area contributed by atoms with E-state index in [0.29, 0.717) is 72.0 Å². The smallest absolute Gasteiger partial charge is 0.234 e. The second-order valence-corrected chi connectivity index (χ2v) is 19.9. The van der Waals surface area contributed by atoms with Gasteiger partial charge in [0, 0.05) is 88.9 Å². The van der Waals surface area contributed by atoms with Crippen LogP contribution >= 0.6 is 0 Å². The number of para-hydroxylation sites is 1. The third kappa shape index (κ3) is 8.84. The summed E-state index contributed by atoms with van der Waals surface area (Å²) in [5.74, 6) is 0.518. The minimum Gasteiger partial charge on any atom is -0.371 e. The zero-order chi connectivity index (χ0) is 44.0. The van der Waals surface area contributed by atoms with Gasteiger partial charge in [-0.1, -0.05) is 24.3 Å². The Morgan fingerprint density at radius 3 is 2.39 bits per heavy atom. The molecule has 0 radical (unpaired) electrons. The van der Waals surface area contributed by atoms with Crippen molar-refractivity contribution in [2.75, 3.05) is 96.4 Å². The predicted molar refractivity (Wildman–Crippen MR) is 249 cm³/mol. The summed E-state index contributed by atoms with van der Waals surface area (Å²) in [7, 11) is -3.46. The number of sulfonamides is 1. The Morgan fingerprint density at radius 1 is 0.828 bits per heavy atom. The number of amides is 2. The molecule has 5 aromatic rings. The van der Waals surface area contributed by atoms with Crippen LogP contribution in [0.3, 0.4) is 0 Å². The molecular weight excluding hydrogens is 834 g/mol. The molecule has 336 valence electrons. The number of nitrogens with one attached hydrogen (secondary N) is 4. The van der Waals surface area contributed by atoms with E-state index in [1.54, 1.807) is 6.20 Å². The van der Waals surface area contributed by atoms with E-state index < -0.39 is 10.0 Å². The first-order chi connectivity index (χ1) is 31.0. The van der Waals surface area contributed by atoms with Crippen molar-refractivity contribution in [2.24, 2.45) is 5.92 Å². The molecule has 2 aromatic heterocycles. The quantitative estimate of drug-likeness (QED) is 0.110. The van der Waals surface area contributed by atoms with Crippen LogP contribution in [-0.2, 0) is 26.0 Å². The monoisotopic (exact) mass is 889 g/mol. The molecule has 2 amide bonds. The van der Waals surface area contributed by atoms with Gasteiger partial charge in [-0.3, -0.25) is 24.1 Å². The Labute approximate surface area is 373 Å². The first-order valence-electron chi connectivity index (χ1n) is 22.7. The predicted octanol–water partition coefficient (Wildman–Crippen LogP) is 5.93. The third-order valence-electron chi connectivity index (χ3n) is 14.0. The number of aromatic amines is 1. The molecule has 2 atom stereocenters. The van der Waals surface area contributed by atoms with Crippen molar-refractivity contribution >= 4 is 73.1 Å². The van der Waals surface area contributed by atoms with Crippen LogP contribution in [0.1, 0.15) is 55.6 Å². The number of anilines is 7. The molecule has 0 bridgehead atoms. The van der Waals surface area contributed by atoms with Gasteiger partial charge < -0.3 is 30.3 Å². The van der Waals surface area contributed by atoms with Crippen LogP contribution in [0.4, 0.5) is 44.6 Å². The minimum absolute atomic E-state index is 0.181. The molecule has 4 saturated heterocycles. The molecule has 0 spiro atoms. The van der Waals surface area contributed by atoms with Crippen molar-refractivity contribution in [2.45, 2.75) is 56.9 Å². The summed E-state index contributed by atoms with van der Waals surface area (Å²) in [6, 6.07) is 21.6. The number of halogens is 1. The molecule has 4 N–H and O–H groups in total. The standard InChI is InChI=1S/C47H56FN11O4S/c1-64(62,63)59-24-16-33-3-2-4-40(43(33)59)51-45-38-13-19-49-44(38)53-47(54-45)50-34-7-11-41(39(48)29-34)57-22-17-36(18-23-57)56-27-25-55(26-28-56)20-14-31-15-21-58(30-31)35-8-5-32(6-9-35)37-10-12-42(60)52-46(37)61/h2-9,11,13,19,29,31,36-37H,10,12,14-18,20-28,30H2,1H3,(H,52,60,61)(H3,49,50,51,53,54)/t31-,37?/m1/s1. The Morgan fingerprint density at radius 2 is 1.62 bits per heavy atom. The van der Waals surface area contributed by atoms with E-state index in [-0.39, 0.29) is 29.5 Å². The van der Waals surface area contributed by atoms with Crippen molar-refractivity contribution < 1.29 is 22.4 Å². The maximum Gasteiger partial charge on any atom is 0.234 e. The fourth-order valence-electron chi connectivity index (χ4n) is 10.5. The van der Waals surface area contributed by atoms with Crippen molar-refractivity contribution in [3.05, 3.63) is 89.9 Å². The van der Waals surface area contributed by atoms with E-state index in [0.717, 1.165) is 88.3 Å². The molecule has 5 aliphatic rings. The second kappa shape index (κ2) is 17.7. The Hall–Kier alpha value is -5.78. The normalized spacial score (nSPS) is 21.4. The van der Waals surface area contributed by atoms with Crippen molar-refractivity contribution in [3.63, 3.8) is 0 Å². The van der Waals surface area contributed by atoms with Crippen LogP contribution < -0.4 is 30.1 Å². The van der Waals surface area contributed by atoms with Gasteiger partial charge in [-0.25, -0.2) is 12.8 Å². The summed E-state index contributed by atoms with van der Waals surface area (Å²) in [5, 5.41) is 9.77. The number of piperazine rings is 1. The molecule has 7 heterocycles. The Bertz CT molecular complexity index is 2640. The summed E-state index contributed by atoms with van der Waals surface area (Å²) < 4.78 is 42.5. The topological polar surface area (TPSA) is 162 Å². The SMILES string of the molecule is CS(=O)(=O)N1CCc2cccc(Nc3nc(Nc4ccc(N5CCC(N6CCN(CC[C@@H]7CCN(c8ccc(C9CCC(=O)NC9=O)cc8)C7)CC6)CC5)c(F)c4)nc4[nH]ccc34)c21. The Balaban J connectivity index is 0.686. The van der Waals surface area contributed by atoms with E-state index in [9.17, 15) is 18.0 Å². The average Bonchev–Trinajstić information content (AvgIpc) is 4.08. The average molecular weight is 890 g/mol. The number of carbonyl (C=O) groups excluding carboxylic acids is 2. The lowest BCUT2D eigenvalue weighted by atomic mass is 9.90. The van der Waals surface area contributed by atoms with E-state index >= 15 is 4.39 Å². The summed E-state index contributed by atoms with van der Waals surface area (Å²) in [6.07, 6.45) is 8.97. The third-order valence-corrected chi connectivity index (χ3v) is 15.2. The highest BCUT2D eigenvalue weighted by molar-refractivity contribution is 7.92. The maximum absolute atomic E-state index is 15.8. The first kappa shape index (κ1) is 42.2. The number of hydrogen-bond donors (Lipinski definition) is 4. The van der Waals surface area contributed by atoms with Crippen molar-refractivity contribution in [1.82, 2.24) is 30.1 Å². The van der Waals surface area contributed by atoms with E-state index in [1.165, 1.54) is 35.2 Å². The fourth-order valence-corrected chi connectivity index (χ4v) is 11.4. The van der Waals surface area contributed by atoms with Gasteiger partial charge >= 0.3 is 0 Å². The number of piperidine rings is 2. The molecule has 0 aliphatic carbocycles. The number of imide groups is 1. The van der Waals surface area contributed by atoms with E-state index in [2.05, 4.69) is 69.8 Å². The van der Waals surface area contributed by atoms with Crippen LogP contribution in [-0.4, -0.2) is 123 Å². The lowest BCUT2D eigenvalue weighted by Crippen LogP contribution is -2.53. The molecular formula is C47H56FN11O4S. The molecule has 10 rings (SSSR count). The van der Waals surface area contributed by atoms with E-state index in [4.69, 9.17) is 4.98 Å². The lowest BCUT2D eigenvalue weighted by molar-refractivity contribution is -0.134. The molecule has 15 nitrogen and oxygen atoms in total. The highest BCUT2D eigenvalue weighted by Gasteiger charge is 2.32. The van der Waals surface area contributed by atoms with Crippen molar-refractivity contribution in [3.8, 4) is 0 Å². The largest absolute Gasteiger partial charge is 0.371 e. The van der Waals surface area contributed by atoms with Crippen LogP contribution in [0.5, 0.6) is 0 Å². The molecule has 0 saturated carbocycles. The van der Waals surface area contributed by atoms with Crippen LogP contribution in [0.25, 0.3) is 11.0 Å². The summed E-state index contributed by atoms with van der Waals surface area (Å²) in [4.78, 5) is 46.3. The zero-order valence-corrected chi connectivity index (χ0v) is 37.0. The summed E-state index contributed by atoms with van der Waals surface area (Å²) in [5.41, 5.74) is 6.09. The number of carbonyl (C=O) groups is 2. The van der Waals surface area contributed by atoms with Gasteiger partial charge in [0.2, 0.25) is 27.8 Å². The van der Waals surface area contributed by atoms with Gasteiger partial charge in [0.1, 0.15) is 17.3 Å². The van der Waals surface area contributed by atoms with Gasteiger partial charge in [0.25, 0.3) is 0 Å². The van der Waals surface area contributed by atoms with Gasteiger partial charge in [-0.05, 0) is 105 Å². The minimum atomic E-state index is -3.46. The zero-order valence-electron chi connectivity index (χ0n) is 36.2. The number of benzene rings is 3. The van der Waals surface area contributed by atoms with Gasteiger partial charge in [0.15, 0.2) is 0 Å². The lowest BCUT2D eigenvalue weighted by Gasteiger charge is -2.43. The van der Waals surface area contributed by atoms with Crippen molar-refractivity contribution in [1.29, 1.82) is 0 Å². The number of hydrogen-bond acceptors (Lipinski definition) is 12. The van der Waals surface area contributed by atoms with Gasteiger partial charge in [-0.2, -0.15) is 9.97 Å². The number of aromatic nitrogens is 3. The van der Waals surface area contributed by atoms with Crippen LogP contribution in [0.2, 0.25) is 0 Å². The van der Waals surface area contributed by atoms with Crippen LogP contribution in [0.15, 0.2) is 72.9 Å². The molecule has 4 fully saturated rings. The number of fused-ring (bicyclic) bond motifs is 2. The highest BCUT2D eigenvalue weighted by Crippen LogP contribution is 2.40. The molecule has 17 heteroatoms. The Kier molecular flexibility index (Phi) is 11.6. The van der Waals surface area contributed by atoms with Gasteiger partial charge in [-0.15, -0.1) is 0 Å².